The summed E-state index contributed by atoms with van der Waals surface area (Å²) in [6.45, 7) is 0.502. The minimum Gasteiger partial charge on any atom is -0.340 e. The van der Waals surface area contributed by atoms with Gasteiger partial charge in [0.25, 0.3) is 5.69 Å². The number of anilines is 2. The zero-order chi connectivity index (χ0) is 16.8. The molecule has 1 heterocycles. The van der Waals surface area contributed by atoms with Crippen molar-refractivity contribution in [3.63, 3.8) is 0 Å². The van der Waals surface area contributed by atoms with E-state index in [-0.39, 0.29) is 10.7 Å². The van der Waals surface area contributed by atoms with Gasteiger partial charge in [-0.2, -0.15) is 13.2 Å². The van der Waals surface area contributed by atoms with Crippen LogP contribution >= 0.6 is 11.6 Å². The van der Waals surface area contributed by atoms with E-state index in [0.717, 1.165) is 23.4 Å². The molecule has 0 fully saturated rings. The molecule has 23 heavy (non-hydrogen) atoms. The van der Waals surface area contributed by atoms with Crippen molar-refractivity contribution in [3.8, 4) is 0 Å². The molecule has 1 aliphatic rings. The number of halogens is 4. The van der Waals surface area contributed by atoms with Gasteiger partial charge in [0.1, 0.15) is 0 Å². The van der Waals surface area contributed by atoms with Gasteiger partial charge < -0.3 is 4.90 Å². The molecule has 0 unspecified atom stereocenters. The van der Waals surface area contributed by atoms with E-state index in [4.69, 9.17) is 11.6 Å². The quantitative estimate of drug-likeness (QED) is 0.572. The van der Waals surface area contributed by atoms with Crippen LogP contribution in [0.2, 0.25) is 5.02 Å². The van der Waals surface area contributed by atoms with E-state index in [1.54, 1.807) is 11.0 Å². The molecule has 0 bridgehead atoms. The number of nitrogens with zero attached hydrogens (tertiary/aromatic N) is 2. The Morgan fingerprint density at radius 2 is 1.83 bits per heavy atom. The van der Waals surface area contributed by atoms with Crippen molar-refractivity contribution in [2.45, 2.75) is 12.6 Å². The predicted molar refractivity (Wildman–Crippen MR) is 80.3 cm³/mol. The van der Waals surface area contributed by atoms with Gasteiger partial charge in [0, 0.05) is 24.4 Å². The largest absolute Gasteiger partial charge is 0.416 e. The second kappa shape index (κ2) is 5.42. The summed E-state index contributed by atoms with van der Waals surface area (Å²) in [5.74, 6) is 0. The maximum Gasteiger partial charge on any atom is 0.416 e. The molecule has 0 atom stereocenters. The van der Waals surface area contributed by atoms with Gasteiger partial charge >= 0.3 is 6.18 Å². The molecule has 120 valence electrons. The van der Waals surface area contributed by atoms with E-state index in [1.165, 1.54) is 18.2 Å². The van der Waals surface area contributed by atoms with E-state index in [1.807, 2.05) is 0 Å². The number of alkyl halides is 3. The molecule has 8 heteroatoms. The second-order valence-electron chi connectivity index (χ2n) is 5.14. The van der Waals surface area contributed by atoms with E-state index in [9.17, 15) is 23.3 Å². The van der Waals surface area contributed by atoms with Crippen LogP contribution in [0.4, 0.5) is 30.2 Å². The Labute approximate surface area is 134 Å². The smallest absolute Gasteiger partial charge is 0.340 e. The molecule has 0 aliphatic carbocycles. The third kappa shape index (κ3) is 2.84. The Morgan fingerprint density at radius 1 is 1.13 bits per heavy atom. The van der Waals surface area contributed by atoms with Crippen molar-refractivity contribution in [1.29, 1.82) is 0 Å². The van der Waals surface area contributed by atoms with Gasteiger partial charge in [0.15, 0.2) is 0 Å². The number of benzene rings is 2. The van der Waals surface area contributed by atoms with Crippen molar-refractivity contribution in [1.82, 2.24) is 0 Å². The molecule has 4 nitrogen and oxygen atoms in total. The maximum absolute atomic E-state index is 12.7. The highest BCUT2D eigenvalue weighted by Gasteiger charge is 2.32. The number of hydrogen-bond acceptors (Lipinski definition) is 3. The van der Waals surface area contributed by atoms with Gasteiger partial charge in [0.05, 0.1) is 21.2 Å². The summed E-state index contributed by atoms with van der Waals surface area (Å²) < 4.78 is 38.1. The average Bonchev–Trinajstić information content (AvgIpc) is 2.89. The zero-order valence-corrected chi connectivity index (χ0v) is 12.4. The molecule has 0 saturated carbocycles. The lowest BCUT2D eigenvalue weighted by Gasteiger charge is -2.21. The SMILES string of the molecule is O=[N+]([O-])c1ccc2c(c1)CCN2c1ccc(C(F)(F)F)cc1Cl. The van der Waals surface area contributed by atoms with Crippen LogP contribution in [-0.4, -0.2) is 11.5 Å². The first-order valence-electron chi connectivity index (χ1n) is 6.69. The van der Waals surface area contributed by atoms with Gasteiger partial charge in [0.2, 0.25) is 0 Å². The number of hydrogen-bond donors (Lipinski definition) is 0. The monoisotopic (exact) mass is 342 g/mol. The molecule has 2 aromatic rings. The van der Waals surface area contributed by atoms with Gasteiger partial charge in [-0.15, -0.1) is 0 Å². The Balaban J connectivity index is 1.98. The number of nitro groups is 1. The van der Waals surface area contributed by atoms with Crippen LogP contribution in [0.5, 0.6) is 0 Å². The maximum atomic E-state index is 12.7. The molecule has 2 aromatic carbocycles. The zero-order valence-electron chi connectivity index (χ0n) is 11.6. The minimum absolute atomic E-state index is 0.00831. The van der Waals surface area contributed by atoms with Crippen LogP contribution in [-0.2, 0) is 12.6 Å². The van der Waals surface area contributed by atoms with Crippen LogP contribution in [0.1, 0.15) is 11.1 Å². The Kier molecular flexibility index (Phi) is 3.68. The highest BCUT2D eigenvalue weighted by molar-refractivity contribution is 6.33. The first-order valence-corrected chi connectivity index (χ1v) is 7.07. The van der Waals surface area contributed by atoms with Crippen molar-refractivity contribution < 1.29 is 18.1 Å². The standard InChI is InChI=1S/C15H10ClF3N2O2/c16-12-8-10(15(17,18)19)1-3-14(12)20-6-5-9-7-11(21(22)23)2-4-13(9)20/h1-4,7-8H,5-6H2. The average molecular weight is 343 g/mol. The first kappa shape index (κ1) is 15.6. The number of nitro benzene ring substituents is 1. The Hall–Kier alpha value is -2.28. The van der Waals surface area contributed by atoms with Crippen LogP contribution in [0.3, 0.4) is 0 Å². The fourth-order valence-corrected chi connectivity index (χ4v) is 2.94. The lowest BCUT2D eigenvalue weighted by Crippen LogP contribution is -2.14. The second-order valence-corrected chi connectivity index (χ2v) is 5.54. The topological polar surface area (TPSA) is 46.4 Å². The van der Waals surface area contributed by atoms with Crippen LogP contribution in [0.15, 0.2) is 36.4 Å². The Morgan fingerprint density at radius 3 is 2.43 bits per heavy atom. The summed E-state index contributed by atoms with van der Waals surface area (Å²) in [5, 5.41) is 10.8. The summed E-state index contributed by atoms with van der Waals surface area (Å²) in [6.07, 6.45) is -3.89. The lowest BCUT2D eigenvalue weighted by atomic mass is 10.1. The van der Waals surface area contributed by atoms with Gasteiger partial charge in [-0.25, -0.2) is 0 Å². The summed E-state index contributed by atoms with van der Waals surface area (Å²) in [5.41, 5.74) is 1.12. The fourth-order valence-electron chi connectivity index (χ4n) is 2.65. The van der Waals surface area contributed by atoms with Gasteiger partial charge in [-0.3, -0.25) is 10.1 Å². The van der Waals surface area contributed by atoms with E-state index >= 15 is 0 Å². The molecule has 0 radical (unpaired) electrons. The fraction of sp³-hybridized carbons (Fsp3) is 0.200. The van der Waals surface area contributed by atoms with Gasteiger partial charge in [-0.05, 0) is 36.2 Å². The molecule has 0 saturated heterocycles. The van der Waals surface area contributed by atoms with Crippen LogP contribution < -0.4 is 4.90 Å². The van der Waals surface area contributed by atoms with Crippen molar-refractivity contribution in [3.05, 3.63) is 62.7 Å². The normalized spacial score (nSPS) is 14.0. The molecular weight excluding hydrogens is 333 g/mol. The molecule has 3 rings (SSSR count). The number of non-ortho nitro benzene ring substituents is 1. The number of rotatable bonds is 2. The highest BCUT2D eigenvalue weighted by Crippen LogP contribution is 2.41. The van der Waals surface area contributed by atoms with E-state index in [0.29, 0.717) is 18.7 Å². The molecule has 1 aliphatic heterocycles. The predicted octanol–water partition coefficient (Wildman–Crippen LogP) is 4.96. The molecular formula is C15H10ClF3N2O2. The molecule has 0 spiro atoms. The third-order valence-corrected chi connectivity index (χ3v) is 4.04. The molecule has 0 N–H and O–H groups in total. The third-order valence-electron chi connectivity index (χ3n) is 3.74. The Bertz CT molecular complexity index is 793. The summed E-state index contributed by atoms with van der Waals surface area (Å²) in [4.78, 5) is 12.1. The molecule has 0 aromatic heterocycles. The summed E-state index contributed by atoms with van der Waals surface area (Å²) in [6, 6.07) is 7.63. The summed E-state index contributed by atoms with van der Waals surface area (Å²) in [7, 11) is 0. The summed E-state index contributed by atoms with van der Waals surface area (Å²) >= 11 is 6.01. The van der Waals surface area contributed by atoms with E-state index < -0.39 is 16.7 Å². The highest BCUT2D eigenvalue weighted by atomic mass is 35.5. The number of fused-ring (bicyclic) bond motifs is 1. The van der Waals surface area contributed by atoms with Crippen LogP contribution in [0.25, 0.3) is 0 Å². The first-order chi connectivity index (χ1) is 10.8. The minimum atomic E-state index is -4.45. The van der Waals surface area contributed by atoms with Crippen molar-refractivity contribution in [2.75, 3.05) is 11.4 Å². The van der Waals surface area contributed by atoms with Crippen LogP contribution in [0, 0.1) is 10.1 Å². The van der Waals surface area contributed by atoms with Crippen molar-refractivity contribution in [2.24, 2.45) is 0 Å². The lowest BCUT2D eigenvalue weighted by molar-refractivity contribution is -0.384. The van der Waals surface area contributed by atoms with Gasteiger partial charge in [-0.1, -0.05) is 11.6 Å². The molecule has 0 amide bonds. The van der Waals surface area contributed by atoms with E-state index in [2.05, 4.69) is 0 Å². The van der Waals surface area contributed by atoms with Crippen molar-refractivity contribution >= 4 is 28.7 Å².